The van der Waals surface area contributed by atoms with Gasteiger partial charge in [0.15, 0.2) is 0 Å². The van der Waals surface area contributed by atoms with E-state index in [2.05, 4.69) is 10.1 Å². The van der Waals surface area contributed by atoms with Crippen LogP contribution in [0.5, 0.6) is 0 Å². The van der Waals surface area contributed by atoms with Crippen LogP contribution >= 0.6 is 11.6 Å². The number of carbonyl (C=O) groups is 2. The van der Waals surface area contributed by atoms with Crippen molar-refractivity contribution in [1.82, 2.24) is 5.32 Å². The fraction of sp³-hybridized carbons (Fsp3) is 0.158. The van der Waals surface area contributed by atoms with Crippen LogP contribution < -0.4 is 5.32 Å². The number of halogens is 1. The summed E-state index contributed by atoms with van der Waals surface area (Å²) in [6.07, 6.45) is 3.37. The third-order valence-corrected chi connectivity index (χ3v) is 4.00. The molecule has 0 saturated heterocycles. The van der Waals surface area contributed by atoms with Gasteiger partial charge >= 0.3 is 5.97 Å². The van der Waals surface area contributed by atoms with Crippen LogP contribution in [0.25, 0.3) is 6.08 Å². The smallest absolute Gasteiger partial charge is 0.337 e. The molecule has 0 aliphatic rings. The highest BCUT2D eigenvalue weighted by Gasteiger charge is 2.11. The van der Waals surface area contributed by atoms with Crippen LogP contribution in [-0.2, 0) is 16.0 Å². The van der Waals surface area contributed by atoms with Gasteiger partial charge in [-0.2, -0.15) is 0 Å². The van der Waals surface area contributed by atoms with Crippen LogP contribution in [0.2, 0.25) is 5.02 Å². The average molecular weight is 389 g/mol. The lowest BCUT2D eigenvalue weighted by molar-refractivity contribution is -0.384. The first-order chi connectivity index (χ1) is 12.9. The summed E-state index contributed by atoms with van der Waals surface area (Å²) in [5.41, 5.74) is 1.71. The number of carbonyl (C=O) groups excluding carboxylic acids is 2. The topological polar surface area (TPSA) is 98.5 Å². The van der Waals surface area contributed by atoms with Gasteiger partial charge in [0, 0.05) is 18.7 Å². The lowest BCUT2D eigenvalue weighted by Crippen LogP contribution is -2.23. The number of ether oxygens (including phenoxy) is 1. The first-order valence-electron chi connectivity index (χ1n) is 7.98. The molecule has 0 unspecified atom stereocenters. The number of nitro groups is 1. The standard InChI is InChI=1S/C19H17ClN2O5/c1-27-19(24)15-6-2-13(3-7-15)10-11-21-18(23)9-5-14-4-8-16(20)17(12-14)22(25)26/h2-9,12H,10-11H2,1H3,(H,21,23)/b9-5+. The summed E-state index contributed by atoms with van der Waals surface area (Å²) in [6.45, 7) is 0.404. The van der Waals surface area contributed by atoms with E-state index in [1.807, 2.05) is 0 Å². The van der Waals surface area contributed by atoms with Crippen LogP contribution in [0.1, 0.15) is 21.5 Å². The van der Waals surface area contributed by atoms with E-state index in [1.54, 1.807) is 30.3 Å². The second-order valence-corrected chi connectivity index (χ2v) is 5.94. The predicted molar refractivity (Wildman–Crippen MR) is 102 cm³/mol. The summed E-state index contributed by atoms with van der Waals surface area (Å²) < 4.78 is 4.63. The van der Waals surface area contributed by atoms with Crippen molar-refractivity contribution in [3.05, 3.63) is 80.4 Å². The van der Waals surface area contributed by atoms with Gasteiger partial charge in [-0.1, -0.05) is 29.8 Å². The van der Waals surface area contributed by atoms with Crippen molar-refractivity contribution in [3.63, 3.8) is 0 Å². The number of hydrogen-bond acceptors (Lipinski definition) is 5. The molecule has 0 heterocycles. The van der Waals surface area contributed by atoms with E-state index in [1.165, 1.54) is 31.4 Å². The fourth-order valence-electron chi connectivity index (χ4n) is 2.26. The number of hydrogen-bond donors (Lipinski definition) is 1. The van der Waals surface area contributed by atoms with Gasteiger partial charge in [-0.05, 0) is 41.8 Å². The number of benzene rings is 2. The molecular weight excluding hydrogens is 372 g/mol. The molecule has 140 valence electrons. The largest absolute Gasteiger partial charge is 0.465 e. The van der Waals surface area contributed by atoms with E-state index in [0.717, 1.165) is 5.56 Å². The maximum absolute atomic E-state index is 11.9. The minimum atomic E-state index is -0.578. The van der Waals surface area contributed by atoms with Gasteiger partial charge in [0.1, 0.15) is 5.02 Å². The normalized spacial score (nSPS) is 10.6. The molecule has 0 saturated carbocycles. The third kappa shape index (κ3) is 5.93. The minimum Gasteiger partial charge on any atom is -0.465 e. The van der Waals surface area contributed by atoms with Gasteiger partial charge in [-0.25, -0.2) is 4.79 Å². The maximum Gasteiger partial charge on any atom is 0.337 e. The SMILES string of the molecule is COC(=O)c1ccc(CCNC(=O)/C=C/c2ccc(Cl)c([N+](=O)[O-])c2)cc1. The summed E-state index contributed by atoms with van der Waals surface area (Å²) in [7, 11) is 1.32. The highest BCUT2D eigenvalue weighted by atomic mass is 35.5. The molecule has 0 aliphatic heterocycles. The molecule has 27 heavy (non-hydrogen) atoms. The Morgan fingerprint density at radius 3 is 2.56 bits per heavy atom. The highest BCUT2D eigenvalue weighted by Crippen LogP contribution is 2.25. The van der Waals surface area contributed by atoms with Crippen LogP contribution in [0, 0.1) is 10.1 Å². The van der Waals surface area contributed by atoms with Gasteiger partial charge < -0.3 is 10.1 Å². The number of amides is 1. The molecule has 0 aromatic heterocycles. The van der Waals surface area contributed by atoms with Gasteiger partial charge in [-0.15, -0.1) is 0 Å². The van der Waals surface area contributed by atoms with Crippen molar-refractivity contribution < 1.29 is 19.2 Å². The van der Waals surface area contributed by atoms with Gasteiger partial charge in [0.25, 0.3) is 5.69 Å². The molecule has 0 spiro atoms. The van der Waals surface area contributed by atoms with Crippen LogP contribution in [0.3, 0.4) is 0 Å². The number of rotatable bonds is 7. The van der Waals surface area contributed by atoms with E-state index in [0.29, 0.717) is 24.1 Å². The Labute approximate surface area is 160 Å². The van der Waals surface area contributed by atoms with Crippen molar-refractivity contribution >= 4 is 35.2 Å². The molecule has 2 aromatic carbocycles. The number of nitro benzene ring substituents is 1. The van der Waals surface area contributed by atoms with Crippen molar-refractivity contribution in [2.24, 2.45) is 0 Å². The van der Waals surface area contributed by atoms with Crippen molar-refractivity contribution in [3.8, 4) is 0 Å². The second-order valence-electron chi connectivity index (χ2n) is 5.53. The summed E-state index contributed by atoms with van der Waals surface area (Å²) in [6, 6.07) is 11.2. The Hall–Kier alpha value is -3.19. The molecule has 1 amide bonds. The summed E-state index contributed by atoms with van der Waals surface area (Å²) >= 11 is 5.75. The van der Waals surface area contributed by atoms with Gasteiger partial charge in [0.2, 0.25) is 5.91 Å². The van der Waals surface area contributed by atoms with Gasteiger partial charge in [-0.3, -0.25) is 14.9 Å². The van der Waals surface area contributed by atoms with Gasteiger partial charge in [0.05, 0.1) is 17.6 Å². The molecule has 0 bridgehead atoms. The minimum absolute atomic E-state index is 0.0415. The molecule has 2 aromatic rings. The molecule has 2 rings (SSSR count). The maximum atomic E-state index is 11.9. The predicted octanol–water partition coefficient (Wildman–Crippen LogP) is 3.41. The quantitative estimate of drug-likeness (QED) is 0.339. The number of nitrogens with one attached hydrogen (secondary N) is 1. The molecule has 8 heteroatoms. The summed E-state index contributed by atoms with van der Waals surface area (Å²) in [4.78, 5) is 33.5. The first kappa shape index (κ1) is 20.1. The Balaban J connectivity index is 1.86. The molecule has 0 aliphatic carbocycles. The summed E-state index contributed by atoms with van der Waals surface area (Å²) in [5.74, 6) is -0.721. The van der Waals surface area contributed by atoms with Crippen LogP contribution in [0.4, 0.5) is 5.69 Å². The highest BCUT2D eigenvalue weighted by molar-refractivity contribution is 6.32. The molecular formula is C19H17ClN2O5. The second kappa shape index (κ2) is 9.49. The van der Waals surface area contributed by atoms with E-state index < -0.39 is 10.9 Å². The number of esters is 1. The van der Waals surface area contributed by atoms with E-state index in [9.17, 15) is 19.7 Å². The molecule has 0 fully saturated rings. The zero-order valence-electron chi connectivity index (χ0n) is 14.5. The zero-order chi connectivity index (χ0) is 19.8. The van der Waals surface area contributed by atoms with Crippen LogP contribution in [-0.4, -0.2) is 30.5 Å². The Morgan fingerprint density at radius 1 is 1.22 bits per heavy atom. The third-order valence-electron chi connectivity index (χ3n) is 3.68. The van der Waals surface area contributed by atoms with E-state index in [-0.39, 0.29) is 16.6 Å². The average Bonchev–Trinajstić information content (AvgIpc) is 2.67. The van der Waals surface area contributed by atoms with Crippen molar-refractivity contribution in [2.75, 3.05) is 13.7 Å². The molecule has 1 N–H and O–H groups in total. The molecule has 0 atom stereocenters. The van der Waals surface area contributed by atoms with Crippen LogP contribution in [0.15, 0.2) is 48.5 Å². The lowest BCUT2D eigenvalue weighted by atomic mass is 10.1. The monoisotopic (exact) mass is 388 g/mol. The van der Waals surface area contributed by atoms with Crippen molar-refractivity contribution in [1.29, 1.82) is 0 Å². The summed E-state index contributed by atoms with van der Waals surface area (Å²) in [5, 5.41) is 13.6. The molecule has 0 radical (unpaired) electrons. The fourth-order valence-corrected chi connectivity index (χ4v) is 2.45. The Bertz CT molecular complexity index is 878. The Kier molecular flexibility index (Phi) is 7.08. The first-order valence-corrected chi connectivity index (χ1v) is 8.35. The Morgan fingerprint density at radius 2 is 1.93 bits per heavy atom. The number of nitrogens with zero attached hydrogens (tertiary/aromatic N) is 1. The van der Waals surface area contributed by atoms with E-state index >= 15 is 0 Å². The molecule has 7 nitrogen and oxygen atoms in total. The van der Waals surface area contributed by atoms with E-state index in [4.69, 9.17) is 11.6 Å². The zero-order valence-corrected chi connectivity index (χ0v) is 15.2. The van der Waals surface area contributed by atoms with Crippen molar-refractivity contribution in [2.45, 2.75) is 6.42 Å². The number of methoxy groups -OCH3 is 1. The lowest BCUT2D eigenvalue weighted by Gasteiger charge is -2.04.